The molecule has 0 spiro atoms. The molecule has 1 unspecified atom stereocenters. The second-order valence-electron chi connectivity index (χ2n) is 4.84. The zero-order chi connectivity index (χ0) is 13.1. The molecule has 1 aliphatic rings. The Bertz CT molecular complexity index is 447. The van der Waals surface area contributed by atoms with E-state index in [0.717, 1.165) is 37.1 Å². The van der Waals surface area contributed by atoms with E-state index < -0.39 is 0 Å². The van der Waals surface area contributed by atoms with Crippen LogP contribution < -0.4 is 0 Å². The Morgan fingerprint density at radius 3 is 2.94 bits per heavy atom. The van der Waals surface area contributed by atoms with Crippen LogP contribution in [0.3, 0.4) is 0 Å². The third-order valence-corrected chi connectivity index (χ3v) is 3.96. The molecule has 1 saturated heterocycles. The van der Waals surface area contributed by atoms with Gasteiger partial charge in [0, 0.05) is 29.6 Å². The van der Waals surface area contributed by atoms with Crippen LogP contribution in [0.15, 0.2) is 18.2 Å². The highest BCUT2D eigenvalue weighted by molar-refractivity contribution is 6.30. The Kier molecular flexibility index (Phi) is 4.52. The molecule has 0 aliphatic carbocycles. The third-order valence-electron chi connectivity index (χ3n) is 3.51. The van der Waals surface area contributed by atoms with E-state index in [2.05, 4.69) is 0 Å². The monoisotopic (exact) mass is 285 g/mol. The normalized spacial score (nSPS) is 19.3. The summed E-state index contributed by atoms with van der Waals surface area (Å²) < 4.78 is 0. The number of carbonyl (C=O) groups excluding carboxylic acids is 1. The van der Waals surface area contributed by atoms with Gasteiger partial charge in [0.05, 0.1) is 0 Å². The van der Waals surface area contributed by atoms with E-state index >= 15 is 0 Å². The van der Waals surface area contributed by atoms with Crippen LogP contribution >= 0.6 is 23.2 Å². The first-order valence-corrected chi connectivity index (χ1v) is 7.14. The third kappa shape index (κ3) is 2.99. The first kappa shape index (κ1) is 13.7. The molecule has 2 rings (SSSR count). The van der Waals surface area contributed by atoms with Crippen LogP contribution in [0.2, 0.25) is 5.02 Å². The van der Waals surface area contributed by atoms with Crippen molar-refractivity contribution in [3.63, 3.8) is 0 Å². The van der Waals surface area contributed by atoms with Gasteiger partial charge in [-0.1, -0.05) is 11.6 Å². The van der Waals surface area contributed by atoms with Crippen LogP contribution in [0.4, 0.5) is 0 Å². The number of amides is 1. The Morgan fingerprint density at radius 2 is 2.28 bits per heavy atom. The van der Waals surface area contributed by atoms with Crippen molar-refractivity contribution in [2.75, 3.05) is 19.0 Å². The number of halogens is 2. The number of likely N-dealkylation sites (tertiary alicyclic amines) is 1. The summed E-state index contributed by atoms with van der Waals surface area (Å²) in [5.41, 5.74) is 1.69. The first-order chi connectivity index (χ1) is 8.61. The minimum Gasteiger partial charge on any atom is -0.338 e. The van der Waals surface area contributed by atoms with Gasteiger partial charge in [-0.15, -0.1) is 11.6 Å². The molecular weight excluding hydrogens is 269 g/mol. The Hall–Kier alpha value is -0.730. The van der Waals surface area contributed by atoms with Crippen LogP contribution in [0.1, 0.15) is 28.8 Å². The van der Waals surface area contributed by atoms with Crippen LogP contribution in [-0.4, -0.2) is 29.8 Å². The molecule has 1 atom stereocenters. The lowest BCUT2D eigenvalue weighted by molar-refractivity contribution is 0.0786. The first-order valence-electron chi connectivity index (χ1n) is 6.23. The van der Waals surface area contributed by atoms with E-state index in [-0.39, 0.29) is 5.91 Å². The average Bonchev–Trinajstić information content (AvgIpc) is 2.77. The van der Waals surface area contributed by atoms with Crippen LogP contribution in [-0.2, 0) is 0 Å². The van der Waals surface area contributed by atoms with Crippen molar-refractivity contribution in [2.24, 2.45) is 5.92 Å². The lowest BCUT2D eigenvalue weighted by Gasteiger charge is -2.17. The summed E-state index contributed by atoms with van der Waals surface area (Å²) in [5.74, 6) is 1.34. The molecule has 4 heteroatoms. The maximum Gasteiger partial charge on any atom is 0.254 e. The fraction of sp³-hybridized carbons (Fsp3) is 0.500. The Morgan fingerprint density at radius 1 is 1.50 bits per heavy atom. The van der Waals surface area contributed by atoms with Crippen molar-refractivity contribution in [2.45, 2.75) is 19.8 Å². The summed E-state index contributed by atoms with van der Waals surface area (Å²) in [4.78, 5) is 14.3. The number of alkyl halides is 1. The smallest absolute Gasteiger partial charge is 0.254 e. The molecule has 18 heavy (non-hydrogen) atoms. The quantitative estimate of drug-likeness (QED) is 0.775. The zero-order valence-corrected chi connectivity index (χ0v) is 12.0. The predicted molar refractivity (Wildman–Crippen MR) is 75.5 cm³/mol. The molecule has 1 aliphatic heterocycles. The Balaban J connectivity index is 2.08. The van der Waals surface area contributed by atoms with Crippen molar-refractivity contribution < 1.29 is 4.79 Å². The summed E-state index contributed by atoms with van der Waals surface area (Å²) in [7, 11) is 0. The lowest BCUT2D eigenvalue weighted by atomic mass is 10.1. The van der Waals surface area contributed by atoms with Crippen molar-refractivity contribution in [3.8, 4) is 0 Å². The van der Waals surface area contributed by atoms with Gasteiger partial charge >= 0.3 is 0 Å². The summed E-state index contributed by atoms with van der Waals surface area (Å²) in [6.07, 6.45) is 2.05. The van der Waals surface area contributed by atoms with Crippen molar-refractivity contribution >= 4 is 29.1 Å². The second-order valence-corrected chi connectivity index (χ2v) is 5.66. The molecule has 1 aromatic carbocycles. The summed E-state index contributed by atoms with van der Waals surface area (Å²) >= 11 is 11.7. The van der Waals surface area contributed by atoms with E-state index in [1.165, 1.54) is 0 Å². The number of carbonyl (C=O) groups is 1. The number of nitrogens with zero attached hydrogens (tertiary/aromatic N) is 1. The number of benzene rings is 1. The SMILES string of the molecule is Cc1cc(Cl)ccc1C(=O)N1CCC(CCCl)C1. The van der Waals surface area contributed by atoms with Gasteiger partial charge in [-0.2, -0.15) is 0 Å². The largest absolute Gasteiger partial charge is 0.338 e. The number of hydrogen-bond donors (Lipinski definition) is 0. The molecule has 0 aromatic heterocycles. The molecule has 1 fully saturated rings. The van der Waals surface area contributed by atoms with Gasteiger partial charge in [0.25, 0.3) is 5.91 Å². The molecule has 1 amide bonds. The molecule has 0 bridgehead atoms. The molecule has 0 N–H and O–H groups in total. The molecule has 0 saturated carbocycles. The lowest BCUT2D eigenvalue weighted by Crippen LogP contribution is -2.29. The van der Waals surface area contributed by atoms with E-state index in [1.807, 2.05) is 24.0 Å². The standard InChI is InChI=1S/C14H17Cl2NO/c1-10-8-12(16)2-3-13(10)14(18)17-7-5-11(9-17)4-6-15/h2-3,8,11H,4-7,9H2,1H3. The van der Waals surface area contributed by atoms with Gasteiger partial charge in [-0.3, -0.25) is 4.79 Å². The zero-order valence-electron chi connectivity index (χ0n) is 10.5. The van der Waals surface area contributed by atoms with E-state index in [1.54, 1.807) is 6.07 Å². The van der Waals surface area contributed by atoms with E-state index in [4.69, 9.17) is 23.2 Å². The van der Waals surface area contributed by atoms with Gasteiger partial charge in [-0.05, 0) is 49.4 Å². The summed E-state index contributed by atoms with van der Waals surface area (Å²) in [6.45, 7) is 3.58. The van der Waals surface area contributed by atoms with Crippen LogP contribution in [0.5, 0.6) is 0 Å². The number of hydrogen-bond acceptors (Lipinski definition) is 1. The molecule has 0 radical (unpaired) electrons. The topological polar surface area (TPSA) is 20.3 Å². The average molecular weight is 286 g/mol. The van der Waals surface area contributed by atoms with E-state index in [9.17, 15) is 4.79 Å². The Labute approximate surface area is 118 Å². The van der Waals surface area contributed by atoms with Gasteiger partial charge in [0.15, 0.2) is 0 Å². The number of aryl methyl sites for hydroxylation is 1. The highest BCUT2D eigenvalue weighted by Gasteiger charge is 2.27. The van der Waals surface area contributed by atoms with Crippen molar-refractivity contribution in [1.29, 1.82) is 0 Å². The fourth-order valence-corrected chi connectivity index (χ4v) is 2.98. The number of rotatable bonds is 3. The predicted octanol–water partition coefficient (Wildman–Crippen LogP) is 3.74. The van der Waals surface area contributed by atoms with E-state index in [0.29, 0.717) is 16.8 Å². The maximum absolute atomic E-state index is 12.4. The fourth-order valence-electron chi connectivity index (χ4n) is 2.44. The van der Waals surface area contributed by atoms with Gasteiger partial charge < -0.3 is 4.90 Å². The molecule has 1 aromatic rings. The molecule has 98 valence electrons. The van der Waals surface area contributed by atoms with Gasteiger partial charge in [-0.25, -0.2) is 0 Å². The second kappa shape index (κ2) is 5.94. The highest BCUT2D eigenvalue weighted by atomic mass is 35.5. The highest BCUT2D eigenvalue weighted by Crippen LogP contribution is 2.23. The maximum atomic E-state index is 12.4. The van der Waals surface area contributed by atoms with Gasteiger partial charge in [0.1, 0.15) is 0 Å². The van der Waals surface area contributed by atoms with Crippen molar-refractivity contribution in [3.05, 3.63) is 34.3 Å². The summed E-state index contributed by atoms with van der Waals surface area (Å²) in [6, 6.07) is 5.42. The van der Waals surface area contributed by atoms with Crippen LogP contribution in [0.25, 0.3) is 0 Å². The molecule has 2 nitrogen and oxygen atoms in total. The molecular formula is C14H17Cl2NO. The minimum atomic E-state index is 0.112. The molecule has 1 heterocycles. The van der Waals surface area contributed by atoms with Gasteiger partial charge in [0.2, 0.25) is 0 Å². The van der Waals surface area contributed by atoms with Crippen molar-refractivity contribution in [1.82, 2.24) is 4.90 Å². The summed E-state index contributed by atoms with van der Waals surface area (Å²) in [5, 5.41) is 0.672. The van der Waals surface area contributed by atoms with Crippen LogP contribution in [0, 0.1) is 12.8 Å². The minimum absolute atomic E-state index is 0.112.